The van der Waals surface area contributed by atoms with E-state index in [2.05, 4.69) is 15.5 Å². The van der Waals surface area contributed by atoms with Crippen LogP contribution in [0.1, 0.15) is 0 Å². The highest BCUT2D eigenvalue weighted by molar-refractivity contribution is 6.36. The average molecular weight is 375 g/mol. The minimum atomic E-state index is 0. The van der Waals surface area contributed by atoms with Gasteiger partial charge in [0.25, 0.3) is 0 Å². The standard InChI is InChI=1S/C15H10Cl3N3.ClH/c16-10-3-1-9(2-4-10)14-8-15(21-20-14)19-13-6-5-11(17)7-12(13)18;/h1-8H,(H2,19,20,21);1H. The molecule has 0 spiro atoms. The summed E-state index contributed by atoms with van der Waals surface area (Å²) in [5, 5.41) is 12.2. The van der Waals surface area contributed by atoms with Crippen LogP contribution in [0.3, 0.4) is 0 Å². The second-order valence-corrected chi connectivity index (χ2v) is 5.70. The molecule has 0 aliphatic rings. The first kappa shape index (κ1) is 17.0. The van der Waals surface area contributed by atoms with Crippen LogP contribution in [0.2, 0.25) is 15.1 Å². The van der Waals surface area contributed by atoms with Gasteiger partial charge in [-0.15, -0.1) is 12.4 Å². The van der Waals surface area contributed by atoms with E-state index < -0.39 is 0 Å². The highest BCUT2D eigenvalue weighted by Gasteiger charge is 2.06. The number of nitrogens with zero attached hydrogens (tertiary/aromatic N) is 1. The molecule has 3 aromatic rings. The Labute approximate surface area is 149 Å². The van der Waals surface area contributed by atoms with Gasteiger partial charge in [-0.1, -0.05) is 46.9 Å². The fraction of sp³-hybridized carbons (Fsp3) is 0. The van der Waals surface area contributed by atoms with Crippen molar-refractivity contribution in [1.29, 1.82) is 0 Å². The van der Waals surface area contributed by atoms with Crippen molar-refractivity contribution < 1.29 is 0 Å². The van der Waals surface area contributed by atoms with Gasteiger partial charge in [-0.2, -0.15) is 5.10 Å². The van der Waals surface area contributed by atoms with Crippen molar-refractivity contribution in [2.45, 2.75) is 0 Å². The molecule has 2 N–H and O–H groups in total. The zero-order valence-corrected chi connectivity index (χ0v) is 14.2. The molecule has 114 valence electrons. The van der Waals surface area contributed by atoms with Gasteiger partial charge in [-0.25, -0.2) is 0 Å². The van der Waals surface area contributed by atoms with Gasteiger partial charge in [0.05, 0.1) is 16.4 Å². The molecule has 0 saturated carbocycles. The van der Waals surface area contributed by atoms with Gasteiger partial charge in [0, 0.05) is 16.1 Å². The van der Waals surface area contributed by atoms with Crippen molar-refractivity contribution in [3.63, 3.8) is 0 Å². The van der Waals surface area contributed by atoms with Crippen LogP contribution in [0.4, 0.5) is 11.5 Å². The lowest BCUT2D eigenvalue weighted by Crippen LogP contribution is -1.91. The molecular weight excluding hydrogens is 364 g/mol. The Bertz CT molecular complexity index is 769. The lowest BCUT2D eigenvalue weighted by molar-refractivity contribution is 1.10. The van der Waals surface area contributed by atoms with E-state index in [-0.39, 0.29) is 12.4 Å². The number of benzene rings is 2. The van der Waals surface area contributed by atoms with Crippen LogP contribution in [0.15, 0.2) is 48.5 Å². The molecule has 0 aliphatic heterocycles. The summed E-state index contributed by atoms with van der Waals surface area (Å²) >= 11 is 17.9. The fourth-order valence-electron chi connectivity index (χ4n) is 1.89. The average Bonchev–Trinajstić information content (AvgIpc) is 2.91. The van der Waals surface area contributed by atoms with Crippen molar-refractivity contribution in [3.8, 4) is 11.3 Å². The zero-order chi connectivity index (χ0) is 14.8. The second kappa shape index (κ2) is 7.25. The largest absolute Gasteiger partial charge is 0.338 e. The summed E-state index contributed by atoms with van der Waals surface area (Å²) in [7, 11) is 0. The van der Waals surface area contributed by atoms with Crippen LogP contribution in [0.25, 0.3) is 11.3 Å². The van der Waals surface area contributed by atoms with Crippen LogP contribution >= 0.6 is 47.2 Å². The highest BCUT2D eigenvalue weighted by Crippen LogP contribution is 2.29. The Morgan fingerprint density at radius 2 is 1.55 bits per heavy atom. The minimum absolute atomic E-state index is 0. The van der Waals surface area contributed by atoms with Gasteiger partial charge in [-0.05, 0) is 35.9 Å². The summed E-state index contributed by atoms with van der Waals surface area (Å²) in [6.45, 7) is 0. The van der Waals surface area contributed by atoms with Crippen molar-refractivity contribution >= 4 is 58.7 Å². The first-order chi connectivity index (χ1) is 10.1. The van der Waals surface area contributed by atoms with Crippen molar-refractivity contribution in [2.75, 3.05) is 5.32 Å². The molecular formula is C15H11Cl4N3. The van der Waals surface area contributed by atoms with Gasteiger partial charge < -0.3 is 5.32 Å². The lowest BCUT2D eigenvalue weighted by Gasteiger charge is -2.05. The van der Waals surface area contributed by atoms with E-state index in [0.29, 0.717) is 20.9 Å². The molecule has 0 bridgehead atoms. The van der Waals surface area contributed by atoms with Gasteiger partial charge in [0.2, 0.25) is 0 Å². The molecule has 1 aromatic heterocycles. The monoisotopic (exact) mass is 373 g/mol. The lowest BCUT2D eigenvalue weighted by atomic mass is 10.1. The van der Waals surface area contributed by atoms with Crippen LogP contribution < -0.4 is 5.32 Å². The van der Waals surface area contributed by atoms with Gasteiger partial charge in [0.15, 0.2) is 5.82 Å². The summed E-state index contributed by atoms with van der Waals surface area (Å²) < 4.78 is 0. The predicted octanol–water partition coefficient (Wildman–Crippen LogP) is 6.20. The molecule has 1 heterocycles. The molecule has 0 unspecified atom stereocenters. The smallest absolute Gasteiger partial charge is 0.152 e. The van der Waals surface area contributed by atoms with Crippen molar-refractivity contribution in [2.24, 2.45) is 0 Å². The number of hydrogen-bond donors (Lipinski definition) is 2. The van der Waals surface area contributed by atoms with Gasteiger partial charge in [0.1, 0.15) is 0 Å². The summed E-state index contributed by atoms with van der Waals surface area (Å²) in [6.07, 6.45) is 0. The highest BCUT2D eigenvalue weighted by atomic mass is 35.5. The quantitative estimate of drug-likeness (QED) is 0.572. The number of H-pyrrole nitrogens is 1. The molecule has 0 amide bonds. The maximum Gasteiger partial charge on any atom is 0.152 e. The number of nitrogens with one attached hydrogen (secondary N) is 2. The van der Waals surface area contributed by atoms with E-state index in [0.717, 1.165) is 16.9 Å². The fourth-order valence-corrected chi connectivity index (χ4v) is 2.47. The zero-order valence-electron chi connectivity index (χ0n) is 11.1. The first-order valence-corrected chi connectivity index (χ1v) is 7.28. The Morgan fingerprint density at radius 1 is 0.864 bits per heavy atom. The third kappa shape index (κ3) is 3.87. The molecule has 0 aliphatic carbocycles. The maximum absolute atomic E-state index is 6.12. The van der Waals surface area contributed by atoms with E-state index in [9.17, 15) is 0 Å². The Hall–Kier alpha value is -1.39. The second-order valence-electron chi connectivity index (χ2n) is 4.42. The summed E-state index contributed by atoms with van der Waals surface area (Å²) in [6, 6.07) is 14.7. The van der Waals surface area contributed by atoms with Crippen LogP contribution in [0, 0.1) is 0 Å². The van der Waals surface area contributed by atoms with E-state index in [1.807, 2.05) is 30.3 Å². The number of anilines is 2. The van der Waals surface area contributed by atoms with E-state index in [1.54, 1.807) is 18.2 Å². The topological polar surface area (TPSA) is 40.7 Å². The normalized spacial score (nSPS) is 10.1. The van der Waals surface area contributed by atoms with E-state index >= 15 is 0 Å². The SMILES string of the molecule is Cl.Clc1ccc(-c2cc(Nc3ccc(Cl)cc3Cl)n[nH]2)cc1. The Kier molecular flexibility index (Phi) is 5.59. The maximum atomic E-state index is 6.12. The summed E-state index contributed by atoms with van der Waals surface area (Å²) in [5.41, 5.74) is 2.64. The minimum Gasteiger partial charge on any atom is -0.338 e. The molecule has 2 aromatic carbocycles. The molecule has 0 radical (unpaired) electrons. The molecule has 0 saturated heterocycles. The number of halogens is 4. The van der Waals surface area contributed by atoms with Crippen molar-refractivity contribution in [3.05, 3.63) is 63.6 Å². The van der Waals surface area contributed by atoms with Crippen LogP contribution in [-0.4, -0.2) is 10.2 Å². The van der Waals surface area contributed by atoms with E-state index in [1.165, 1.54) is 0 Å². The molecule has 3 rings (SSSR count). The Morgan fingerprint density at radius 3 is 2.23 bits per heavy atom. The van der Waals surface area contributed by atoms with Gasteiger partial charge >= 0.3 is 0 Å². The van der Waals surface area contributed by atoms with Crippen LogP contribution in [-0.2, 0) is 0 Å². The number of aromatic nitrogens is 2. The van der Waals surface area contributed by atoms with Crippen LogP contribution in [0.5, 0.6) is 0 Å². The molecule has 7 heteroatoms. The number of rotatable bonds is 3. The molecule has 0 fully saturated rings. The van der Waals surface area contributed by atoms with Gasteiger partial charge in [-0.3, -0.25) is 5.10 Å². The third-order valence-electron chi connectivity index (χ3n) is 2.93. The summed E-state index contributed by atoms with van der Waals surface area (Å²) in [5.74, 6) is 0.671. The Balaban J connectivity index is 0.00000176. The van der Waals surface area contributed by atoms with E-state index in [4.69, 9.17) is 34.8 Å². The predicted molar refractivity (Wildman–Crippen MR) is 96.0 cm³/mol. The van der Waals surface area contributed by atoms with Crippen molar-refractivity contribution in [1.82, 2.24) is 10.2 Å². The number of hydrogen-bond acceptors (Lipinski definition) is 2. The molecule has 0 atom stereocenters. The molecule has 3 nitrogen and oxygen atoms in total. The third-order valence-corrected chi connectivity index (χ3v) is 3.73. The first-order valence-electron chi connectivity index (χ1n) is 6.15. The molecule has 22 heavy (non-hydrogen) atoms. The summed E-state index contributed by atoms with van der Waals surface area (Å²) in [4.78, 5) is 0. The number of aromatic amines is 1.